The molecule has 5 heteroatoms. The predicted molar refractivity (Wildman–Crippen MR) is 56.8 cm³/mol. The van der Waals surface area contributed by atoms with Crippen LogP contribution in [-0.4, -0.2) is 22.6 Å². The first kappa shape index (κ1) is 10.4. The zero-order valence-corrected chi connectivity index (χ0v) is 8.59. The van der Waals surface area contributed by atoms with E-state index in [1.54, 1.807) is 12.1 Å². The van der Waals surface area contributed by atoms with Gasteiger partial charge >= 0.3 is 0 Å². The molecule has 1 aromatic heterocycles. The summed E-state index contributed by atoms with van der Waals surface area (Å²) in [5, 5.41) is 6.25. The van der Waals surface area contributed by atoms with Crippen LogP contribution in [0.3, 0.4) is 0 Å². The molecule has 0 aliphatic heterocycles. The Bertz CT molecular complexity index is 440. The molecule has 0 bridgehead atoms. The highest BCUT2D eigenvalue weighted by molar-refractivity contribution is 5.94. The zero-order valence-electron chi connectivity index (χ0n) is 8.59. The Morgan fingerprint density at radius 1 is 1.31 bits per heavy atom. The van der Waals surface area contributed by atoms with Crippen LogP contribution in [0.1, 0.15) is 16.2 Å². The zero-order chi connectivity index (χ0) is 11.2. The molecule has 0 radical (unpaired) electrons. The Balaban J connectivity index is 1.81. The number of nitrogens with zero attached hydrogens (tertiary/aromatic N) is 2. The Morgan fingerprint density at radius 2 is 2.12 bits per heavy atom. The Morgan fingerprint density at radius 3 is 2.81 bits per heavy atom. The van der Waals surface area contributed by atoms with Crippen molar-refractivity contribution in [1.29, 1.82) is 0 Å². The van der Waals surface area contributed by atoms with E-state index >= 15 is 0 Å². The van der Waals surface area contributed by atoms with Crippen molar-refractivity contribution in [2.75, 3.05) is 6.54 Å². The Hall–Kier alpha value is -2.17. The number of carbonyl (C=O) groups excluding carboxylic acids is 1. The van der Waals surface area contributed by atoms with Gasteiger partial charge in [0.05, 0.1) is 0 Å². The Labute approximate surface area is 92.5 Å². The topological polar surface area (TPSA) is 68.0 Å². The van der Waals surface area contributed by atoms with Gasteiger partial charge in [-0.25, -0.2) is 0 Å². The molecule has 1 aromatic carbocycles. The van der Waals surface area contributed by atoms with E-state index in [2.05, 4.69) is 15.5 Å². The van der Waals surface area contributed by atoms with Gasteiger partial charge in [-0.2, -0.15) is 4.98 Å². The predicted octanol–water partition coefficient (Wildman–Crippen LogP) is 1.04. The van der Waals surface area contributed by atoms with Crippen molar-refractivity contribution in [1.82, 2.24) is 15.5 Å². The highest BCUT2D eigenvalue weighted by Gasteiger charge is 2.04. The number of hydrogen-bond acceptors (Lipinski definition) is 4. The second-order valence-corrected chi connectivity index (χ2v) is 3.21. The summed E-state index contributed by atoms with van der Waals surface area (Å²) < 4.78 is 4.81. The van der Waals surface area contributed by atoms with Crippen LogP contribution in [0, 0.1) is 0 Å². The van der Waals surface area contributed by atoms with E-state index in [1.807, 2.05) is 18.2 Å². The Kier molecular flexibility index (Phi) is 3.28. The molecular formula is C11H11N3O2. The van der Waals surface area contributed by atoms with Crippen molar-refractivity contribution in [2.24, 2.45) is 0 Å². The summed E-state index contributed by atoms with van der Waals surface area (Å²) in [5.41, 5.74) is 0.646. The van der Waals surface area contributed by atoms with Gasteiger partial charge < -0.3 is 9.84 Å². The minimum Gasteiger partial charge on any atom is -0.352 e. The maximum atomic E-state index is 11.6. The van der Waals surface area contributed by atoms with Crippen molar-refractivity contribution in [3.8, 4) is 0 Å². The number of benzene rings is 1. The lowest BCUT2D eigenvalue weighted by Gasteiger charge is -2.02. The molecule has 0 aliphatic rings. The van der Waals surface area contributed by atoms with Crippen molar-refractivity contribution >= 4 is 5.91 Å². The first-order valence-electron chi connectivity index (χ1n) is 4.95. The van der Waals surface area contributed by atoms with Crippen LogP contribution >= 0.6 is 0 Å². The number of rotatable bonds is 4. The second kappa shape index (κ2) is 5.06. The van der Waals surface area contributed by atoms with Gasteiger partial charge in [0.25, 0.3) is 5.91 Å². The van der Waals surface area contributed by atoms with E-state index in [0.717, 1.165) is 0 Å². The third-order valence-electron chi connectivity index (χ3n) is 2.07. The fraction of sp³-hybridized carbons (Fsp3) is 0.182. The van der Waals surface area contributed by atoms with Crippen LogP contribution in [0.25, 0.3) is 0 Å². The molecule has 16 heavy (non-hydrogen) atoms. The third kappa shape index (κ3) is 2.66. The molecular weight excluding hydrogens is 206 g/mol. The molecule has 1 heterocycles. The molecule has 82 valence electrons. The maximum Gasteiger partial charge on any atom is 0.251 e. The first-order valence-corrected chi connectivity index (χ1v) is 4.95. The number of carbonyl (C=O) groups is 1. The van der Waals surface area contributed by atoms with E-state index in [9.17, 15) is 4.79 Å². The van der Waals surface area contributed by atoms with E-state index in [1.165, 1.54) is 6.33 Å². The second-order valence-electron chi connectivity index (χ2n) is 3.21. The minimum atomic E-state index is -0.0971. The van der Waals surface area contributed by atoms with Crippen LogP contribution in [0.15, 0.2) is 41.2 Å². The normalized spacial score (nSPS) is 10.0. The number of nitrogens with one attached hydrogen (secondary N) is 1. The smallest absolute Gasteiger partial charge is 0.251 e. The third-order valence-corrected chi connectivity index (χ3v) is 2.07. The fourth-order valence-electron chi connectivity index (χ4n) is 1.28. The average molecular weight is 217 g/mol. The summed E-state index contributed by atoms with van der Waals surface area (Å²) in [7, 11) is 0. The van der Waals surface area contributed by atoms with Crippen LogP contribution < -0.4 is 5.32 Å². The van der Waals surface area contributed by atoms with Crippen LogP contribution in [0.4, 0.5) is 0 Å². The standard InChI is InChI=1S/C11H11N3O2/c15-11(9-4-2-1-3-5-9)12-7-6-10-13-8-14-16-10/h1-5,8H,6-7H2,(H,12,15). The van der Waals surface area contributed by atoms with Crippen molar-refractivity contribution < 1.29 is 9.32 Å². The molecule has 0 fully saturated rings. The molecule has 0 atom stereocenters. The fourth-order valence-corrected chi connectivity index (χ4v) is 1.28. The quantitative estimate of drug-likeness (QED) is 0.830. The van der Waals surface area contributed by atoms with Gasteiger partial charge in [0.2, 0.25) is 5.89 Å². The molecule has 0 unspecified atom stereocenters. The molecule has 5 nitrogen and oxygen atoms in total. The van der Waals surface area contributed by atoms with Crippen LogP contribution in [0.5, 0.6) is 0 Å². The molecule has 0 spiro atoms. The number of amides is 1. The van der Waals surface area contributed by atoms with Crippen LogP contribution in [0.2, 0.25) is 0 Å². The molecule has 0 saturated carbocycles. The minimum absolute atomic E-state index is 0.0971. The summed E-state index contributed by atoms with van der Waals surface area (Å²) >= 11 is 0. The molecule has 2 rings (SSSR count). The lowest BCUT2D eigenvalue weighted by atomic mass is 10.2. The van der Waals surface area contributed by atoms with Crippen molar-refractivity contribution in [2.45, 2.75) is 6.42 Å². The highest BCUT2D eigenvalue weighted by Crippen LogP contribution is 1.98. The molecule has 2 aromatic rings. The monoisotopic (exact) mass is 217 g/mol. The van der Waals surface area contributed by atoms with Gasteiger partial charge in [0.15, 0.2) is 6.33 Å². The summed E-state index contributed by atoms with van der Waals surface area (Å²) in [4.78, 5) is 15.5. The van der Waals surface area contributed by atoms with Crippen molar-refractivity contribution in [3.63, 3.8) is 0 Å². The summed E-state index contributed by atoms with van der Waals surface area (Å²) in [6.45, 7) is 0.482. The molecule has 1 N–H and O–H groups in total. The summed E-state index contributed by atoms with van der Waals surface area (Å²) in [6, 6.07) is 9.05. The summed E-state index contributed by atoms with van der Waals surface area (Å²) in [5.74, 6) is 0.425. The largest absolute Gasteiger partial charge is 0.352 e. The van der Waals surface area contributed by atoms with E-state index in [4.69, 9.17) is 4.52 Å². The van der Waals surface area contributed by atoms with Gasteiger partial charge in [-0.05, 0) is 12.1 Å². The van der Waals surface area contributed by atoms with Gasteiger partial charge in [-0.15, -0.1) is 0 Å². The van der Waals surface area contributed by atoms with E-state index in [0.29, 0.717) is 24.4 Å². The molecule has 0 aliphatic carbocycles. The van der Waals surface area contributed by atoms with E-state index in [-0.39, 0.29) is 5.91 Å². The van der Waals surface area contributed by atoms with Gasteiger partial charge in [0.1, 0.15) is 0 Å². The lowest BCUT2D eigenvalue weighted by Crippen LogP contribution is -2.25. The maximum absolute atomic E-state index is 11.6. The average Bonchev–Trinajstić information content (AvgIpc) is 2.83. The SMILES string of the molecule is O=C(NCCc1ncno1)c1ccccc1. The molecule has 0 saturated heterocycles. The van der Waals surface area contributed by atoms with Gasteiger partial charge in [-0.1, -0.05) is 23.4 Å². The number of hydrogen-bond donors (Lipinski definition) is 1. The van der Waals surface area contributed by atoms with Gasteiger partial charge in [-0.3, -0.25) is 4.79 Å². The van der Waals surface area contributed by atoms with E-state index < -0.39 is 0 Å². The van der Waals surface area contributed by atoms with Gasteiger partial charge in [0, 0.05) is 18.5 Å². The first-order chi connectivity index (χ1) is 7.86. The van der Waals surface area contributed by atoms with Crippen molar-refractivity contribution in [3.05, 3.63) is 48.1 Å². The molecule has 1 amide bonds. The summed E-state index contributed by atoms with van der Waals surface area (Å²) in [6.07, 6.45) is 1.88. The highest BCUT2D eigenvalue weighted by atomic mass is 16.5. The number of aromatic nitrogens is 2. The van der Waals surface area contributed by atoms with Crippen LogP contribution in [-0.2, 0) is 6.42 Å². The lowest BCUT2D eigenvalue weighted by molar-refractivity contribution is 0.0953.